The monoisotopic (exact) mass is 338 g/mol. The maximum Gasteiger partial charge on any atom is 0.187 e. The van der Waals surface area contributed by atoms with Crippen molar-refractivity contribution in [1.29, 1.82) is 0 Å². The fourth-order valence-corrected chi connectivity index (χ4v) is 3.98. The zero-order chi connectivity index (χ0) is 17.2. The number of thioether (sulfide) groups is 1. The third-order valence-electron chi connectivity index (χ3n) is 4.01. The molecule has 2 aromatic carbocycles. The summed E-state index contributed by atoms with van der Waals surface area (Å²) in [5, 5.41) is 11.5. The van der Waals surface area contributed by atoms with Gasteiger partial charge in [0.05, 0.1) is 7.11 Å². The zero-order valence-corrected chi connectivity index (χ0v) is 14.2. The van der Waals surface area contributed by atoms with Crippen LogP contribution in [0.15, 0.2) is 77.1 Å². The van der Waals surface area contributed by atoms with Gasteiger partial charge in [-0.15, -0.1) is 6.58 Å². The molecule has 0 aromatic heterocycles. The number of carbonyl (C=O) groups is 1. The normalized spacial score (nSPS) is 19.4. The number of carbonyl (C=O) groups excluding carboxylic acids is 1. The summed E-state index contributed by atoms with van der Waals surface area (Å²) in [5.41, 5.74) is -0.354. The third kappa shape index (κ3) is 2.79. The summed E-state index contributed by atoms with van der Waals surface area (Å²) in [5.74, 6) is 0.375. The van der Waals surface area contributed by atoms with Crippen molar-refractivity contribution in [1.82, 2.24) is 0 Å². The summed E-state index contributed by atoms with van der Waals surface area (Å²) in [6.07, 6.45) is 3.47. The first-order chi connectivity index (χ1) is 11.6. The average Bonchev–Trinajstić information content (AvgIpc) is 2.60. The number of methoxy groups -OCH3 is 1. The lowest BCUT2D eigenvalue weighted by molar-refractivity contribution is 0.0775. The van der Waals surface area contributed by atoms with Crippen molar-refractivity contribution in [3.63, 3.8) is 0 Å². The van der Waals surface area contributed by atoms with E-state index in [0.717, 1.165) is 4.90 Å². The number of hydrogen-bond donors (Lipinski definition) is 1. The smallest absolute Gasteiger partial charge is 0.187 e. The Morgan fingerprint density at radius 3 is 2.62 bits per heavy atom. The van der Waals surface area contributed by atoms with Crippen molar-refractivity contribution in [2.45, 2.75) is 16.9 Å². The van der Waals surface area contributed by atoms with Crippen LogP contribution >= 0.6 is 11.8 Å². The Hall–Kier alpha value is -2.30. The van der Waals surface area contributed by atoms with E-state index in [1.54, 1.807) is 24.3 Å². The van der Waals surface area contributed by atoms with Crippen LogP contribution in [0.3, 0.4) is 0 Å². The molecule has 24 heavy (non-hydrogen) atoms. The summed E-state index contributed by atoms with van der Waals surface area (Å²) in [6.45, 7) is 3.77. The highest BCUT2D eigenvalue weighted by atomic mass is 32.2. The molecule has 2 aromatic rings. The van der Waals surface area contributed by atoms with Crippen LogP contribution < -0.4 is 4.74 Å². The largest absolute Gasteiger partial charge is 0.496 e. The van der Waals surface area contributed by atoms with Crippen LogP contribution in [0.2, 0.25) is 0 Å². The quantitative estimate of drug-likeness (QED) is 0.824. The molecule has 1 unspecified atom stereocenters. The van der Waals surface area contributed by atoms with Gasteiger partial charge in [-0.25, -0.2) is 0 Å². The Bertz CT molecular complexity index is 811. The molecule has 0 radical (unpaired) electrons. The lowest BCUT2D eigenvalue weighted by Crippen LogP contribution is -2.33. The minimum absolute atomic E-state index is 0.129. The van der Waals surface area contributed by atoms with Crippen LogP contribution in [-0.2, 0) is 5.60 Å². The van der Waals surface area contributed by atoms with E-state index in [2.05, 4.69) is 6.58 Å². The fraction of sp³-hybridized carbons (Fsp3) is 0.150. The first-order valence-electron chi connectivity index (χ1n) is 7.60. The van der Waals surface area contributed by atoms with Crippen molar-refractivity contribution in [2.24, 2.45) is 0 Å². The molecule has 0 aliphatic heterocycles. The minimum Gasteiger partial charge on any atom is -0.496 e. The number of allylic oxidation sites excluding steroid dienone is 1. The Morgan fingerprint density at radius 1 is 1.21 bits per heavy atom. The predicted octanol–water partition coefficient (Wildman–Crippen LogP) is 4.33. The molecule has 1 aliphatic carbocycles. The van der Waals surface area contributed by atoms with Crippen LogP contribution in [0.25, 0.3) is 0 Å². The van der Waals surface area contributed by atoms with Crippen molar-refractivity contribution in [3.05, 3.63) is 83.3 Å². The lowest BCUT2D eigenvalue weighted by atomic mass is 9.80. The average molecular weight is 338 g/mol. The Balaban J connectivity index is 2.15. The molecule has 0 fully saturated rings. The van der Waals surface area contributed by atoms with Gasteiger partial charge in [-0.1, -0.05) is 48.2 Å². The second kappa shape index (κ2) is 6.67. The van der Waals surface area contributed by atoms with Gasteiger partial charge in [-0.3, -0.25) is 4.79 Å². The van der Waals surface area contributed by atoms with E-state index < -0.39 is 5.60 Å². The summed E-state index contributed by atoms with van der Waals surface area (Å²) in [6, 6.07) is 14.9. The van der Waals surface area contributed by atoms with E-state index >= 15 is 0 Å². The van der Waals surface area contributed by atoms with E-state index in [9.17, 15) is 9.90 Å². The molecule has 4 heteroatoms. The molecule has 0 spiro atoms. The first kappa shape index (κ1) is 16.6. The molecular weight excluding hydrogens is 320 g/mol. The van der Waals surface area contributed by atoms with Crippen LogP contribution in [0.1, 0.15) is 22.3 Å². The van der Waals surface area contributed by atoms with Gasteiger partial charge in [0.2, 0.25) is 0 Å². The molecule has 122 valence electrons. The van der Waals surface area contributed by atoms with Crippen molar-refractivity contribution in [2.75, 3.05) is 7.11 Å². The van der Waals surface area contributed by atoms with E-state index in [4.69, 9.17) is 4.74 Å². The van der Waals surface area contributed by atoms with Crippen LogP contribution in [0.4, 0.5) is 0 Å². The molecule has 0 saturated carbocycles. The van der Waals surface area contributed by atoms with Gasteiger partial charge in [-0.05, 0) is 24.3 Å². The van der Waals surface area contributed by atoms with E-state index in [-0.39, 0.29) is 5.78 Å². The molecule has 1 atom stereocenters. The topological polar surface area (TPSA) is 46.5 Å². The number of hydrogen-bond acceptors (Lipinski definition) is 4. The van der Waals surface area contributed by atoms with Crippen LogP contribution in [0.5, 0.6) is 5.75 Å². The maximum absolute atomic E-state index is 12.6. The lowest BCUT2D eigenvalue weighted by Gasteiger charge is -2.35. The number of ether oxygens (including phenoxy) is 1. The van der Waals surface area contributed by atoms with Gasteiger partial charge >= 0.3 is 0 Å². The first-order valence-corrected chi connectivity index (χ1v) is 8.42. The maximum atomic E-state index is 12.6. The van der Waals surface area contributed by atoms with Gasteiger partial charge in [0.25, 0.3) is 0 Å². The number of fused-ring (bicyclic) bond motifs is 1. The van der Waals surface area contributed by atoms with E-state index in [1.807, 2.05) is 30.3 Å². The third-order valence-corrected chi connectivity index (χ3v) is 5.19. The van der Waals surface area contributed by atoms with Gasteiger partial charge in [-0.2, -0.15) is 0 Å². The molecule has 0 bridgehead atoms. The SMILES string of the molecule is C=CCC1(O)C(Sc2ccccc2)=CC(=O)c2cccc(OC)c21. The predicted molar refractivity (Wildman–Crippen MR) is 96.4 cm³/mol. The van der Waals surface area contributed by atoms with Gasteiger partial charge in [0, 0.05) is 27.3 Å². The van der Waals surface area contributed by atoms with E-state index in [1.165, 1.54) is 24.9 Å². The standard InChI is InChI=1S/C20H18O3S/c1-3-12-20(22)18(24-14-8-5-4-6-9-14)13-16(21)15-10-7-11-17(23-2)19(15)20/h3-11,13,22H,1,12H2,2H3. The van der Waals surface area contributed by atoms with Gasteiger partial charge in [0.1, 0.15) is 11.4 Å². The van der Waals surface area contributed by atoms with Crippen molar-refractivity contribution >= 4 is 17.5 Å². The molecule has 0 heterocycles. The van der Waals surface area contributed by atoms with Gasteiger partial charge in [0.15, 0.2) is 5.78 Å². The molecule has 0 amide bonds. The number of ketones is 1. The Kier molecular flexibility index (Phi) is 4.60. The number of rotatable bonds is 5. The number of benzene rings is 2. The molecule has 1 aliphatic rings. The number of aliphatic hydroxyl groups is 1. The molecule has 0 saturated heterocycles. The summed E-state index contributed by atoms with van der Waals surface area (Å²) in [4.78, 5) is 14.1. The van der Waals surface area contributed by atoms with Crippen LogP contribution in [0, 0.1) is 0 Å². The Morgan fingerprint density at radius 2 is 1.96 bits per heavy atom. The highest BCUT2D eigenvalue weighted by molar-refractivity contribution is 8.03. The van der Waals surface area contributed by atoms with Crippen molar-refractivity contribution in [3.8, 4) is 5.75 Å². The highest BCUT2D eigenvalue weighted by Gasteiger charge is 2.42. The highest BCUT2D eigenvalue weighted by Crippen LogP contribution is 2.49. The van der Waals surface area contributed by atoms with Crippen molar-refractivity contribution < 1.29 is 14.6 Å². The van der Waals surface area contributed by atoms with Crippen LogP contribution in [-0.4, -0.2) is 18.0 Å². The summed E-state index contributed by atoms with van der Waals surface area (Å²) < 4.78 is 5.42. The minimum atomic E-state index is -1.34. The second-order valence-corrected chi connectivity index (χ2v) is 6.64. The molecule has 1 N–H and O–H groups in total. The van der Waals surface area contributed by atoms with E-state index in [0.29, 0.717) is 28.2 Å². The van der Waals surface area contributed by atoms with Gasteiger partial charge < -0.3 is 9.84 Å². The second-order valence-electron chi connectivity index (χ2n) is 5.52. The molecule has 3 rings (SSSR count). The zero-order valence-electron chi connectivity index (χ0n) is 13.4. The molecule has 3 nitrogen and oxygen atoms in total. The summed E-state index contributed by atoms with van der Waals surface area (Å²) >= 11 is 1.38. The Labute approximate surface area is 145 Å². The fourth-order valence-electron chi connectivity index (χ4n) is 2.91. The molecular formula is C20H18O3S. The summed E-state index contributed by atoms with van der Waals surface area (Å²) in [7, 11) is 1.54.